The Kier molecular flexibility index (Phi) is 10.5. The summed E-state index contributed by atoms with van der Waals surface area (Å²) in [6.07, 6.45) is 6.01. The van der Waals surface area contributed by atoms with Crippen LogP contribution in [-0.2, 0) is 16.1 Å². The number of halogens is 1. The third kappa shape index (κ3) is 7.47. The van der Waals surface area contributed by atoms with Crippen molar-refractivity contribution in [2.45, 2.75) is 58.9 Å². The monoisotopic (exact) mass is 525 g/mol. The number of hydrogen-bond donors (Lipinski definition) is 3. The first-order valence-electron chi connectivity index (χ1n) is 12.6. The Bertz CT molecular complexity index is 1250. The second-order valence-corrected chi connectivity index (χ2v) is 8.89. The van der Waals surface area contributed by atoms with Crippen LogP contribution in [0.15, 0.2) is 59.4 Å². The van der Waals surface area contributed by atoms with Crippen LogP contribution < -0.4 is 10.6 Å². The van der Waals surface area contributed by atoms with E-state index in [2.05, 4.69) is 27.3 Å². The predicted molar refractivity (Wildman–Crippen MR) is 143 cm³/mol. The molecule has 0 aliphatic carbocycles. The van der Waals surface area contributed by atoms with Gasteiger partial charge < -0.3 is 24.9 Å². The topological polar surface area (TPSA) is 114 Å². The van der Waals surface area contributed by atoms with Crippen LogP contribution in [0.5, 0.6) is 0 Å². The number of allylic oxidation sites excluding steroid dienone is 2. The molecule has 1 amide bonds. The van der Waals surface area contributed by atoms with Crippen molar-refractivity contribution in [2.75, 3.05) is 13.7 Å². The van der Waals surface area contributed by atoms with E-state index >= 15 is 0 Å². The number of nitrogens with zero attached hydrogens (tertiary/aromatic N) is 3. The van der Waals surface area contributed by atoms with Crippen molar-refractivity contribution in [1.29, 1.82) is 0 Å². The van der Waals surface area contributed by atoms with Crippen molar-refractivity contribution in [3.8, 4) is 5.69 Å². The van der Waals surface area contributed by atoms with Gasteiger partial charge in [-0.15, -0.1) is 0 Å². The van der Waals surface area contributed by atoms with Crippen molar-refractivity contribution in [1.82, 2.24) is 25.4 Å². The molecule has 3 aromatic rings. The number of carbonyl (C=O) groups is 1. The molecule has 0 aliphatic heterocycles. The maximum atomic E-state index is 13.6. The van der Waals surface area contributed by atoms with Gasteiger partial charge in [0.15, 0.2) is 6.29 Å². The molecule has 3 rings (SSSR count). The lowest BCUT2D eigenvalue weighted by Gasteiger charge is -2.16. The van der Waals surface area contributed by atoms with E-state index in [9.17, 15) is 14.3 Å². The fourth-order valence-corrected chi connectivity index (χ4v) is 3.78. The molecule has 1 aromatic carbocycles. The van der Waals surface area contributed by atoms with Gasteiger partial charge in [-0.1, -0.05) is 32.1 Å². The van der Waals surface area contributed by atoms with Crippen LogP contribution >= 0.6 is 0 Å². The molecule has 2 unspecified atom stereocenters. The van der Waals surface area contributed by atoms with Gasteiger partial charge in [0.2, 0.25) is 5.89 Å². The Hall–Kier alpha value is -3.60. The largest absolute Gasteiger partial charge is 0.446 e. The van der Waals surface area contributed by atoms with Crippen LogP contribution in [0.4, 0.5) is 4.39 Å². The van der Waals surface area contributed by atoms with Crippen molar-refractivity contribution < 1.29 is 23.4 Å². The molecule has 0 spiro atoms. The first-order chi connectivity index (χ1) is 18.3. The zero-order valence-electron chi connectivity index (χ0n) is 22.3. The summed E-state index contributed by atoms with van der Waals surface area (Å²) in [6.45, 7) is 10.5. The standard InChI is InChI=1S/C28H36FN5O4/c1-6-18(3)8-13-23(24-15-31-34(19(24)4)22-11-9-20(29)10-12-22)27(36)33-25(7-2)28-32-21(17-38-28)14-30-16-26(35)37-5/h9-13,15,17,25-26,30,35H,3,6-8,14,16H2,1-2,4-5H3,(H,33,36). The Morgan fingerprint density at radius 1 is 1.32 bits per heavy atom. The minimum Gasteiger partial charge on any atom is -0.446 e. The van der Waals surface area contributed by atoms with Gasteiger partial charge in [-0.3, -0.25) is 4.79 Å². The number of aliphatic hydroxyl groups is 1. The second-order valence-electron chi connectivity index (χ2n) is 8.89. The van der Waals surface area contributed by atoms with Gasteiger partial charge in [0, 0.05) is 37.0 Å². The number of rotatable bonds is 14. The molecule has 2 aromatic heterocycles. The summed E-state index contributed by atoms with van der Waals surface area (Å²) in [5, 5.41) is 20.0. The third-order valence-electron chi connectivity index (χ3n) is 6.19. The van der Waals surface area contributed by atoms with Gasteiger partial charge in [0.1, 0.15) is 18.1 Å². The van der Waals surface area contributed by atoms with E-state index in [1.165, 1.54) is 25.5 Å². The van der Waals surface area contributed by atoms with Crippen LogP contribution in [0.3, 0.4) is 0 Å². The highest BCUT2D eigenvalue weighted by molar-refractivity contribution is 6.19. The fraction of sp³-hybridized carbons (Fsp3) is 0.393. The SMILES string of the molecule is C=C(CC)CC=C(C(=O)NC(CC)c1nc(CNCC(O)OC)co1)c1cnn(-c2ccc(F)cc2)c1C. The minimum atomic E-state index is -0.908. The van der Waals surface area contributed by atoms with Gasteiger partial charge in [0.05, 0.1) is 17.6 Å². The van der Waals surface area contributed by atoms with E-state index in [0.717, 1.165) is 17.7 Å². The Morgan fingerprint density at radius 2 is 2.05 bits per heavy atom. The predicted octanol–water partition coefficient (Wildman–Crippen LogP) is 4.37. The number of aliphatic hydroxyl groups excluding tert-OH is 1. The van der Waals surface area contributed by atoms with Gasteiger partial charge in [-0.2, -0.15) is 5.10 Å². The summed E-state index contributed by atoms with van der Waals surface area (Å²) in [4.78, 5) is 18.1. The van der Waals surface area contributed by atoms with Crippen molar-refractivity contribution >= 4 is 11.5 Å². The van der Waals surface area contributed by atoms with Crippen molar-refractivity contribution in [2.24, 2.45) is 0 Å². The van der Waals surface area contributed by atoms with Crippen molar-refractivity contribution in [3.05, 3.63) is 83.6 Å². The minimum absolute atomic E-state index is 0.245. The molecule has 204 valence electrons. The van der Waals surface area contributed by atoms with Gasteiger partial charge >= 0.3 is 0 Å². The molecule has 9 nitrogen and oxygen atoms in total. The van der Waals surface area contributed by atoms with Gasteiger partial charge in [-0.05, 0) is 50.5 Å². The zero-order chi connectivity index (χ0) is 27.7. The normalized spacial score (nSPS) is 13.4. The summed E-state index contributed by atoms with van der Waals surface area (Å²) < 4.78 is 25.6. The van der Waals surface area contributed by atoms with Gasteiger partial charge in [0.25, 0.3) is 5.91 Å². The fourth-order valence-electron chi connectivity index (χ4n) is 3.78. The molecule has 2 atom stereocenters. The van der Waals surface area contributed by atoms with Crippen LogP contribution in [0, 0.1) is 12.7 Å². The third-order valence-corrected chi connectivity index (χ3v) is 6.19. The smallest absolute Gasteiger partial charge is 0.252 e. The van der Waals surface area contributed by atoms with E-state index in [1.54, 1.807) is 23.0 Å². The molecule has 38 heavy (non-hydrogen) atoms. The first-order valence-corrected chi connectivity index (χ1v) is 12.6. The van der Waals surface area contributed by atoms with Gasteiger partial charge in [-0.25, -0.2) is 14.1 Å². The highest BCUT2D eigenvalue weighted by atomic mass is 19.1. The van der Waals surface area contributed by atoms with E-state index in [1.807, 2.05) is 26.8 Å². The van der Waals surface area contributed by atoms with Crippen LogP contribution in [-0.4, -0.2) is 45.7 Å². The highest BCUT2D eigenvalue weighted by Gasteiger charge is 2.24. The van der Waals surface area contributed by atoms with E-state index in [-0.39, 0.29) is 18.3 Å². The number of aromatic nitrogens is 3. The van der Waals surface area contributed by atoms with Crippen LogP contribution in [0.1, 0.15) is 62.0 Å². The molecule has 0 saturated carbocycles. The average molecular weight is 526 g/mol. The summed E-state index contributed by atoms with van der Waals surface area (Å²) >= 11 is 0. The number of amides is 1. The second kappa shape index (κ2) is 13.8. The zero-order valence-corrected chi connectivity index (χ0v) is 22.3. The summed E-state index contributed by atoms with van der Waals surface area (Å²) in [5.41, 5.74) is 4.21. The number of hydrogen-bond acceptors (Lipinski definition) is 7. The number of nitrogens with one attached hydrogen (secondary N) is 2. The maximum absolute atomic E-state index is 13.6. The van der Waals surface area contributed by atoms with E-state index in [4.69, 9.17) is 9.15 Å². The molecule has 3 N–H and O–H groups in total. The van der Waals surface area contributed by atoms with E-state index in [0.29, 0.717) is 47.8 Å². The summed E-state index contributed by atoms with van der Waals surface area (Å²) in [5.74, 6) is -0.231. The van der Waals surface area contributed by atoms with E-state index < -0.39 is 12.3 Å². The number of oxazole rings is 1. The lowest BCUT2D eigenvalue weighted by Crippen LogP contribution is -2.29. The molecule has 10 heteroatoms. The average Bonchev–Trinajstić information content (AvgIpc) is 3.54. The first kappa shape index (κ1) is 29.0. The van der Waals surface area contributed by atoms with Crippen molar-refractivity contribution in [3.63, 3.8) is 0 Å². The molecular weight excluding hydrogens is 489 g/mol. The summed E-state index contributed by atoms with van der Waals surface area (Å²) in [6, 6.07) is 5.57. The molecule has 2 heterocycles. The number of benzene rings is 1. The molecule has 0 bridgehead atoms. The lowest BCUT2D eigenvalue weighted by atomic mass is 10.0. The maximum Gasteiger partial charge on any atom is 0.252 e. The van der Waals surface area contributed by atoms with Crippen LogP contribution in [0.2, 0.25) is 0 Å². The molecule has 0 fully saturated rings. The lowest BCUT2D eigenvalue weighted by molar-refractivity contribution is -0.116. The van der Waals surface area contributed by atoms with Crippen LogP contribution in [0.25, 0.3) is 11.3 Å². The highest BCUT2D eigenvalue weighted by Crippen LogP contribution is 2.25. The summed E-state index contributed by atoms with van der Waals surface area (Å²) in [7, 11) is 1.42. The number of carbonyl (C=O) groups excluding carboxylic acids is 1. The molecular formula is C28H36FN5O4. The molecule has 0 aliphatic rings. The molecule has 0 saturated heterocycles. The number of methoxy groups -OCH3 is 1. The Morgan fingerprint density at radius 3 is 2.71 bits per heavy atom. The quantitative estimate of drug-likeness (QED) is 0.163. The molecule has 0 radical (unpaired) electrons. The Balaban J connectivity index is 1.82. The Labute approximate surface area is 222 Å². The number of ether oxygens (including phenoxy) is 1.